The van der Waals surface area contributed by atoms with Crippen LogP contribution in [0, 0.1) is 0 Å². The summed E-state index contributed by atoms with van der Waals surface area (Å²) >= 11 is 1.63. The zero-order chi connectivity index (χ0) is 12.1. The van der Waals surface area contributed by atoms with Crippen molar-refractivity contribution in [2.75, 3.05) is 12.3 Å². The van der Waals surface area contributed by atoms with E-state index in [9.17, 15) is 4.79 Å². The summed E-state index contributed by atoms with van der Waals surface area (Å²) in [5.74, 6) is -0.307. The first-order chi connectivity index (χ1) is 7.54. The van der Waals surface area contributed by atoms with Crippen LogP contribution in [-0.2, 0) is 4.74 Å². The number of carbonyl (C=O) groups excluding carboxylic acids is 1. The number of nitrogen functional groups attached to an aromatic ring is 1. The number of thioether (sulfide) groups is 1. The summed E-state index contributed by atoms with van der Waals surface area (Å²) in [6.45, 7) is 6.32. The predicted molar refractivity (Wildman–Crippen MR) is 67.8 cm³/mol. The Kier molecular flexibility index (Phi) is 4.68. The van der Waals surface area contributed by atoms with Crippen molar-refractivity contribution in [3.63, 3.8) is 0 Å². The number of esters is 1. The van der Waals surface area contributed by atoms with Crippen LogP contribution in [0.25, 0.3) is 0 Å². The molecule has 0 atom stereocenters. The van der Waals surface area contributed by atoms with Gasteiger partial charge < -0.3 is 10.5 Å². The third-order valence-corrected chi connectivity index (χ3v) is 2.94. The molecule has 2 N–H and O–H groups in total. The Morgan fingerprint density at radius 3 is 2.75 bits per heavy atom. The Hall–Kier alpha value is -1.16. The average Bonchev–Trinajstić information content (AvgIpc) is 2.20. The highest BCUT2D eigenvalue weighted by Crippen LogP contribution is 2.28. The van der Waals surface area contributed by atoms with Crippen molar-refractivity contribution in [3.05, 3.63) is 23.8 Å². The zero-order valence-corrected chi connectivity index (χ0v) is 10.6. The van der Waals surface area contributed by atoms with Crippen LogP contribution in [-0.4, -0.2) is 17.8 Å². The molecule has 0 saturated carbocycles. The molecule has 0 aliphatic heterocycles. The first-order valence-electron chi connectivity index (χ1n) is 5.28. The Labute approximate surface area is 100 Å². The molecule has 0 heterocycles. The van der Waals surface area contributed by atoms with Gasteiger partial charge in [0.2, 0.25) is 0 Å². The van der Waals surface area contributed by atoms with E-state index in [0.29, 0.717) is 23.1 Å². The van der Waals surface area contributed by atoms with E-state index in [-0.39, 0.29) is 5.97 Å². The van der Waals surface area contributed by atoms with Crippen LogP contribution in [0.2, 0.25) is 0 Å². The van der Waals surface area contributed by atoms with Gasteiger partial charge in [-0.05, 0) is 25.1 Å². The minimum atomic E-state index is -0.307. The standard InChI is InChI=1S/C12H17NO2S/c1-4-15-12(14)10-7-9(13)5-6-11(10)16-8(2)3/h5-8H,4,13H2,1-3H3. The minimum Gasteiger partial charge on any atom is -0.462 e. The highest BCUT2D eigenvalue weighted by molar-refractivity contribution is 8.00. The van der Waals surface area contributed by atoms with E-state index < -0.39 is 0 Å². The van der Waals surface area contributed by atoms with Crippen molar-refractivity contribution < 1.29 is 9.53 Å². The summed E-state index contributed by atoms with van der Waals surface area (Å²) in [5, 5.41) is 0.414. The van der Waals surface area contributed by atoms with Gasteiger partial charge in [-0.15, -0.1) is 11.8 Å². The van der Waals surface area contributed by atoms with E-state index in [1.165, 1.54) is 0 Å². The van der Waals surface area contributed by atoms with Gasteiger partial charge in [0.1, 0.15) is 0 Å². The molecule has 0 aliphatic rings. The first-order valence-corrected chi connectivity index (χ1v) is 6.15. The molecule has 0 spiro atoms. The smallest absolute Gasteiger partial charge is 0.339 e. The number of anilines is 1. The summed E-state index contributed by atoms with van der Waals surface area (Å²) < 4.78 is 5.00. The SMILES string of the molecule is CCOC(=O)c1cc(N)ccc1SC(C)C. The van der Waals surface area contributed by atoms with E-state index in [0.717, 1.165) is 4.90 Å². The number of hydrogen-bond acceptors (Lipinski definition) is 4. The fraction of sp³-hybridized carbons (Fsp3) is 0.417. The molecule has 1 rings (SSSR count). The van der Waals surface area contributed by atoms with Gasteiger partial charge in [0, 0.05) is 15.8 Å². The van der Waals surface area contributed by atoms with Gasteiger partial charge in [0.05, 0.1) is 12.2 Å². The van der Waals surface area contributed by atoms with Crippen LogP contribution in [0.15, 0.2) is 23.1 Å². The lowest BCUT2D eigenvalue weighted by atomic mass is 10.2. The third-order valence-electron chi connectivity index (χ3n) is 1.86. The van der Waals surface area contributed by atoms with Crippen LogP contribution in [0.5, 0.6) is 0 Å². The maximum Gasteiger partial charge on any atom is 0.339 e. The van der Waals surface area contributed by atoms with Crippen molar-refractivity contribution in [3.8, 4) is 0 Å². The second-order valence-corrected chi connectivity index (χ2v) is 5.26. The number of rotatable bonds is 4. The molecule has 0 aliphatic carbocycles. The molecule has 1 aromatic carbocycles. The maximum absolute atomic E-state index is 11.7. The van der Waals surface area contributed by atoms with Crippen LogP contribution >= 0.6 is 11.8 Å². The summed E-state index contributed by atoms with van der Waals surface area (Å²) in [4.78, 5) is 12.6. The molecule has 4 heteroatoms. The van der Waals surface area contributed by atoms with Crippen LogP contribution in [0.1, 0.15) is 31.1 Å². The first kappa shape index (κ1) is 12.9. The van der Waals surface area contributed by atoms with Crippen LogP contribution < -0.4 is 5.73 Å². The van der Waals surface area contributed by atoms with Crippen LogP contribution in [0.3, 0.4) is 0 Å². The number of carbonyl (C=O) groups is 1. The van der Waals surface area contributed by atoms with Crippen molar-refractivity contribution >= 4 is 23.4 Å². The normalized spacial score (nSPS) is 10.5. The molecule has 0 aromatic heterocycles. The Morgan fingerprint density at radius 1 is 1.50 bits per heavy atom. The molecule has 16 heavy (non-hydrogen) atoms. The van der Waals surface area contributed by atoms with E-state index >= 15 is 0 Å². The monoisotopic (exact) mass is 239 g/mol. The predicted octanol–water partition coefficient (Wildman–Crippen LogP) is 2.95. The van der Waals surface area contributed by atoms with Gasteiger partial charge in [0.25, 0.3) is 0 Å². The fourth-order valence-electron chi connectivity index (χ4n) is 1.27. The lowest BCUT2D eigenvalue weighted by molar-refractivity contribution is 0.0522. The van der Waals surface area contributed by atoms with Gasteiger partial charge in [-0.2, -0.15) is 0 Å². The largest absolute Gasteiger partial charge is 0.462 e. The molecular weight excluding hydrogens is 222 g/mol. The van der Waals surface area contributed by atoms with Crippen molar-refractivity contribution in [1.29, 1.82) is 0 Å². The lowest BCUT2D eigenvalue weighted by Crippen LogP contribution is -2.07. The zero-order valence-electron chi connectivity index (χ0n) is 9.82. The number of benzene rings is 1. The molecular formula is C12H17NO2S. The molecule has 3 nitrogen and oxygen atoms in total. The summed E-state index contributed by atoms with van der Waals surface area (Å²) in [7, 11) is 0. The van der Waals surface area contributed by atoms with Crippen LogP contribution in [0.4, 0.5) is 5.69 Å². The maximum atomic E-state index is 11.7. The van der Waals surface area contributed by atoms with E-state index in [4.69, 9.17) is 10.5 Å². The highest BCUT2D eigenvalue weighted by Gasteiger charge is 2.14. The van der Waals surface area contributed by atoms with Crippen molar-refractivity contribution in [1.82, 2.24) is 0 Å². The number of nitrogens with two attached hydrogens (primary N) is 1. The molecule has 0 saturated heterocycles. The number of hydrogen-bond donors (Lipinski definition) is 1. The molecule has 88 valence electrons. The molecule has 0 unspecified atom stereocenters. The van der Waals surface area contributed by atoms with Crippen molar-refractivity contribution in [2.24, 2.45) is 0 Å². The Balaban J connectivity index is 3.02. The van der Waals surface area contributed by atoms with Gasteiger partial charge in [-0.1, -0.05) is 13.8 Å². The van der Waals surface area contributed by atoms with Crippen molar-refractivity contribution in [2.45, 2.75) is 30.9 Å². The second kappa shape index (κ2) is 5.80. The van der Waals surface area contributed by atoms with Gasteiger partial charge >= 0.3 is 5.97 Å². The van der Waals surface area contributed by atoms with Gasteiger partial charge in [-0.25, -0.2) is 4.79 Å². The molecule has 0 fully saturated rings. The quantitative estimate of drug-likeness (QED) is 0.498. The fourth-order valence-corrected chi connectivity index (χ4v) is 2.20. The Bertz CT molecular complexity index is 377. The topological polar surface area (TPSA) is 52.3 Å². The second-order valence-electron chi connectivity index (χ2n) is 3.64. The van der Waals surface area contributed by atoms with Gasteiger partial charge in [-0.3, -0.25) is 0 Å². The van der Waals surface area contributed by atoms with E-state index in [1.807, 2.05) is 6.07 Å². The minimum absolute atomic E-state index is 0.307. The van der Waals surface area contributed by atoms with E-state index in [2.05, 4.69) is 13.8 Å². The molecule has 1 aromatic rings. The molecule has 0 bridgehead atoms. The average molecular weight is 239 g/mol. The molecule has 0 amide bonds. The highest BCUT2D eigenvalue weighted by atomic mass is 32.2. The molecule has 0 radical (unpaired) electrons. The lowest BCUT2D eigenvalue weighted by Gasteiger charge is -2.11. The summed E-state index contributed by atoms with van der Waals surface area (Å²) in [6.07, 6.45) is 0. The Morgan fingerprint density at radius 2 is 2.19 bits per heavy atom. The third kappa shape index (κ3) is 3.45. The van der Waals surface area contributed by atoms with Gasteiger partial charge in [0.15, 0.2) is 0 Å². The van der Waals surface area contributed by atoms with E-state index in [1.54, 1.807) is 30.8 Å². The number of ether oxygens (including phenoxy) is 1. The summed E-state index contributed by atoms with van der Waals surface area (Å²) in [6, 6.07) is 5.34. The summed E-state index contributed by atoms with van der Waals surface area (Å²) in [5.41, 5.74) is 6.81.